The number of fused-ring (bicyclic) bond motifs is 1. The summed E-state index contributed by atoms with van der Waals surface area (Å²) < 4.78 is 5.87. The Bertz CT molecular complexity index is 560. The van der Waals surface area contributed by atoms with Gasteiger partial charge < -0.3 is 9.64 Å². The molecule has 0 aliphatic carbocycles. The van der Waals surface area contributed by atoms with Crippen LogP contribution in [0.1, 0.15) is 12.8 Å². The quantitative estimate of drug-likeness (QED) is 0.725. The minimum atomic E-state index is -0.374. The van der Waals surface area contributed by atoms with Gasteiger partial charge >= 0.3 is 0 Å². The fraction of sp³-hybridized carbons (Fsp3) is 0.353. The van der Waals surface area contributed by atoms with E-state index in [-0.39, 0.29) is 6.10 Å². The van der Waals surface area contributed by atoms with E-state index in [0.29, 0.717) is 0 Å². The van der Waals surface area contributed by atoms with Crippen LogP contribution in [0.25, 0.3) is 10.8 Å². The minimum Gasteiger partial charge on any atom is -0.482 e. The van der Waals surface area contributed by atoms with E-state index in [9.17, 15) is 4.79 Å². The molecule has 0 fully saturated rings. The molecule has 2 aromatic carbocycles. The third-order valence-corrected chi connectivity index (χ3v) is 3.27. The van der Waals surface area contributed by atoms with Crippen LogP contribution >= 0.6 is 0 Å². The number of carbonyl (C=O) groups excluding carboxylic acids is 1. The third kappa shape index (κ3) is 3.81. The number of aldehydes is 1. The number of hydrogen-bond acceptors (Lipinski definition) is 3. The second kappa shape index (κ2) is 7.06. The number of ether oxygens (including phenoxy) is 1. The summed E-state index contributed by atoms with van der Waals surface area (Å²) in [7, 11) is 4.06. The van der Waals surface area contributed by atoms with E-state index in [0.717, 1.165) is 42.2 Å². The molecule has 3 nitrogen and oxygen atoms in total. The maximum Gasteiger partial charge on any atom is 0.160 e. The lowest BCUT2D eigenvalue weighted by molar-refractivity contribution is -0.113. The van der Waals surface area contributed by atoms with Crippen molar-refractivity contribution in [1.82, 2.24) is 4.90 Å². The maximum atomic E-state index is 11.2. The van der Waals surface area contributed by atoms with Crippen molar-refractivity contribution in [3.63, 3.8) is 0 Å². The summed E-state index contributed by atoms with van der Waals surface area (Å²) in [6.45, 7) is 0.962. The van der Waals surface area contributed by atoms with Crippen molar-refractivity contribution in [3.05, 3.63) is 42.5 Å². The smallest absolute Gasteiger partial charge is 0.160 e. The number of nitrogens with zero attached hydrogens (tertiary/aromatic N) is 1. The summed E-state index contributed by atoms with van der Waals surface area (Å²) in [4.78, 5) is 13.3. The first-order valence-corrected chi connectivity index (χ1v) is 6.95. The lowest BCUT2D eigenvalue weighted by Crippen LogP contribution is -2.21. The summed E-state index contributed by atoms with van der Waals surface area (Å²) >= 11 is 0. The maximum absolute atomic E-state index is 11.2. The van der Waals surface area contributed by atoms with Gasteiger partial charge in [0.2, 0.25) is 0 Å². The summed E-state index contributed by atoms with van der Waals surface area (Å²) in [5, 5.41) is 2.18. The highest BCUT2D eigenvalue weighted by molar-refractivity contribution is 5.88. The molecular formula is C17H21NO2. The molecule has 1 unspecified atom stereocenters. The topological polar surface area (TPSA) is 29.5 Å². The molecule has 0 saturated heterocycles. The molecular weight excluding hydrogens is 250 g/mol. The van der Waals surface area contributed by atoms with Gasteiger partial charge in [0.15, 0.2) is 12.4 Å². The second-order valence-electron chi connectivity index (χ2n) is 5.22. The first-order valence-electron chi connectivity index (χ1n) is 6.95. The summed E-state index contributed by atoms with van der Waals surface area (Å²) in [6, 6.07) is 14.0. The Labute approximate surface area is 120 Å². The van der Waals surface area contributed by atoms with Crippen LogP contribution in [-0.4, -0.2) is 37.9 Å². The Hall–Kier alpha value is -1.87. The first kappa shape index (κ1) is 14.5. The highest BCUT2D eigenvalue weighted by atomic mass is 16.5. The van der Waals surface area contributed by atoms with E-state index in [4.69, 9.17) is 4.74 Å². The predicted molar refractivity (Wildman–Crippen MR) is 82.2 cm³/mol. The minimum absolute atomic E-state index is 0.374. The average Bonchev–Trinajstić information content (AvgIpc) is 2.46. The van der Waals surface area contributed by atoms with Gasteiger partial charge in [0, 0.05) is 5.39 Å². The van der Waals surface area contributed by atoms with Gasteiger partial charge in [-0.1, -0.05) is 36.4 Å². The van der Waals surface area contributed by atoms with Gasteiger partial charge in [0.1, 0.15) is 5.75 Å². The molecule has 20 heavy (non-hydrogen) atoms. The van der Waals surface area contributed by atoms with Gasteiger partial charge in [-0.3, -0.25) is 4.79 Å². The van der Waals surface area contributed by atoms with Crippen molar-refractivity contribution >= 4 is 17.1 Å². The molecule has 0 N–H and O–H groups in total. The van der Waals surface area contributed by atoms with Crippen molar-refractivity contribution in [2.45, 2.75) is 18.9 Å². The summed E-state index contributed by atoms with van der Waals surface area (Å²) in [5.41, 5.74) is 0. The van der Waals surface area contributed by atoms with Crippen molar-refractivity contribution in [2.24, 2.45) is 0 Å². The van der Waals surface area contributed by atoms with Crippen LogP contribution in [-0.2, 0) is 4.79 Å². The van der Waals surface area contributed by atoms with E-state index >= 15 is 0 Å². The fourth-order valence-corrected chi connectivity index (χ4v) is 2.22. The molecule has 2 rings (SSSR count). The zero-order valence-electron chi connectivity index (χ0n) is 12.1. The number of hydrogen-bond donors (Lipinski definition) is 0. The molecule has 0 aliphatic heterocycles. The molecule has 0 spiro atoms. The molecule has 106 valence electrons. The summed E-state index contributed by atoms with van der Waals surface area (Å²) in [5.74, 6) is 0.782. The van der Waals surface area contributed by atoms with Gasteiger partial charge in [0.25, 0.3) is 0 Å². The molecule has 3 heteroatoms. The molecule has 0 amide bonds. The van der Waals surface area contributed by atoms with Gasteiger partial charge in [-0.25, -0.2) is 0 Å². The monoisotopic (exact) mass is 271 g/mol. The number of carbonyl (C=O) groups is 1. The molecule has 0 bridgehead atoms. The van der Waals surface area contributed by atoms with Crippen LogP contribution in [0.5, 0.6) is 5.75 Å². The Morgan fingerprint density at radius 1 is 1.15 bits per heavy atom. The molecule has 1 atom stereocenters. The zero-order chi connectivity index (χ0) is 14.4. The van der Waals surface area contributed by atoms with E-state index in [1.165, 1.54) is 0 Å². The van der Waals surface area contributed by atoms with E-state index in [2.05, 4.69) is 4.90 Å². The number of rotatable bonds is 7. The van der Waals surface area contributed by atoms with Crippen LogP contribution in [0.15, 0.2) is 42.5 Å². The van der Waals surface area contributed by atoms with E-state index in [1.807, 2.05) is 56.6 Å². The lowest BCUT2D eigenvalue weighted by Gasteiger charge is -2.16. The third-order valence-electron chi connectivity index (χ3n) is 3.27. The van der Waals surface area contributed by atoms with Crippen LogP contribution < -0.4 is 4.74 Å². The van der Waals surface area contributed by atoms with Crippen molar-refractivity contribution in [2.75, 3.05) is 20.6 Å². The first-order chi connectivity index (χ1) is 9.70. The second-order valence-corrected chi connectivity index (χ2v) is 5.22. The van der Waals surface area contributed by atoms with Crippen LogP contribution in [0.3, 0.4) is 0 Å². The van der Waals surface area contributed by atoms with Crippen LogP contribution in [0.4, 0.5) is 0 Å². The van der Waals surface area contributed by atoms with Gasteiger partial charge in [-0.05, 0) is 44.9 Å². The van der Waals surface area contributed by atoms with E-state index < -0.39 is 0 Å². The molecule has 0 saturated carbocycles. The van der Waals surface area contributed by atoms with Crippen LogP contribution in [0, 0.1) is 0 Å². The molecule has 0 heterocycles. The van der Waals surface area contributed by atoms with Crippen molar-refractivity contribution in [3.8, 4) is 5.75 Å². The van der Waals surface area contributed by atoms with Crippen LogP contribution in [0.2, 0.25) is 0 Å². The SMILES string of the molecule is CN(C)CCCC(C=O)Oc1cccc2ccccc12. The molecule has 0 aliphatic rings. The average molecular weight is 271 g/mol. The standard InChI is InChI=1S/C17H21NO2/c1-18(2)12-6-9-15(13-19)20-17-11-5-8-14-7-3-4-10-16(14)17/h3-5,7-8,10-11,13,15H,6,9,12H2,1-2H3. The Morgan fingerprint density at radius 3 is 2.65 bits per heavy atom. The molecule has 0 radical (unpaired) electrons. The van der Waals surface area contributed by atoms with Gasteiger partial charge in [0.05, 0.1) is 0 Å². The summed E-state index contributed by atoms with van der Waals surface area (Å²) in [6.07, 6.45) is 2.21. The Balaban J connectivity index is 2.07. The highest BCUT2D eigenvalue weighted by Crippen LogP contribution is 2.26. The number of benzene rings is 2. The molecule has 0 aromatic heterocycles. The normalized spacial score (nSPS) is 12.6. The van der Waals surface area contributed by atoms with Gasteiger partial charge in [-0.2, -0.15) is 0 Å². The fourth-order valence-electron chi connectivity index (χ4n) is 2.22. The van der Waals surface area contributed by atoms with E-state index in [1.54, 1.807) is 0 Å². The van der Waals surface area contributed by atoms with Crippen molar-refractivity contribution < 1.29 is 9.53 Å². The Kier molecular flexibility index (Phi) is 5.13. The lowest BCUT2D eigenvalue weighted by atomic mass is 10.1. The highest BCUT2D eigenvalue weighted by Gasteiger charge is 2.11. The Morgan fingerprint density at radius 2 is 1.90 bits per heavy atom. The zero-order valence-corrected chi connectivity index (χ0v) is 12.1. The van der Waals surface area contributed by atoms with Gasteiger partial charge in [-0.15, -0.1) is 0 Å². The molecule has 2 aromatic rings. The largest absolute Gasteiger partial charge is 0.482 e. The van der Waals surface area contributed by atoms with Crippen molar-refractivity contribution in [1.29, 1.82) is 0 Å². The predicted octanol–water partition coefficient (Wildman–Crippen LogP) is 3.13.